The monoisotopic (exact) mass is 632 g/mol. The predicted octanol–water partition coefficient (Wildman–Crippen LogP) is 9.78. The Balaban J connectivity index is 0.000000126. The third-order valence-electron chi connectivity index (χ3n) is 7.64. The molecule has 0 atom stereocenters. The molecule has 0 radical (unpaired) electrons. The predicted molar refractivity (Wildman–Crippen MR) is 192 cm³/mol. The van der Waals surface area contributed by atoms with E-state index in [2.05, 4.69) is 155 Å². The van der Waals surface area contributed by atoms with Crippen molar-refractivity contribution in [2.45, 2.75) is 0 Å². The molecule has 2 N–H and O–H groups in total. The molecule has 0 aliphatic rings. The molecule has 0 spiro atoms. The highest BCUT2D eigenvalue weighted by atomic mass is 79.9. The number of halogens is 1. The summed E-state index contributed by atoms with van der Waals surface area (Å²) in [4.78, 5) is 0. The van der Waals surface area contributed by atoms with Gasteiger partial charge in [0.1, 0.15) is 0 Å². The molecule has 0 fully saturated rings. The molecule has 212 valence electrons. The molecule has 8 aromatic rings. The number of hydrogen-bond acceptors (Lipinski definition) is 2. The summed E-state index contributed by atoms with van der Waals surface area (Å²) in [6.07, 6.45) is 0. The molecule has 0 heterocycles. The van der Waals surface area contributed by atoms with Gasteiger partial charge in [-0.1, -0.05) is 158 Å². The summed E-state index contributed by atoms with van der Waals surface area (Å²) in [5.41, 5.74) is 3.14. The van der Waals surface area contributed by atoms with Crippen molar-refractivity contribution >= 4 is 71.6 Å². The molecular weight excluding hydrogens is 603 g/mol. The van der Waals surface area contributed by atoms with E-state index in [1.165, 1.54) is 58.7 Å². The van der Waals surface area contributed by atoms with Crippen LogP contribution in [0.1, 0.15) is 0 Å². The van der Waals surface area contributed by atoms with Gasteiger partial charge in [0.2, 0.25) is 0 Å². The van der Waals surface area contributed by atoms with Gasteiger partial charge < -0.3 is 10.0 Å². The normalized spacial score (nSPS) is 10.6. The van der Waals surface area contributed by atoms with Gasteiger partial charge >= 0.3 is 7.12 Å². The molecule has 8 rings (SSSR count). The van der Waals surface area contributed by atoms with Crippen LogP contribution in [0.3, 0.4) is 0 Å². The molecule has 0 aliphatic heterocycles. The van der Waals surface area contributed by atoms with Crippen molar-refractivity contribution in [1.82, 2.24) is 0 Å². The smallest absolute Gasteiger partial charge is 0.423 e. The summed E-state index contributed by atoms with van der Waals surface area (Å²) in [6.45, 7) is 0. The minimum Gasteiger partial charge on any atom is -0.423 e. The first-order valence-electron chi connectivity index (χ1n) is 14.5. The lowest BCUT2D eigenvalue weighted by molar-refractivity contribution is 0.426. The van der Waals surface area contributed by atoms with Crippen LogP contribution in [0.25, 0.3) is 54.2 Å². The summed E-state index contributed by atoms with van der Waals surface area (Å²) in [5.74, 6) is 0. The van der Waals surface area contributed by atoms with Crippen LogP contribution in [0.15, 0.2) is 174 Å². The molecule has 0 aliphatic carbocycles. The number of rotatable bonds is 2. The molecule has 4 heteroatoms. The molecule has 0 unspecified atom stereocenters. The van der Waals surface area contributed by atoms with Crippen LogP contribution in [-0.4, -0.2) is 17.2 Å². The second-order valence-electron chi connectivity index (χ2n) is 10.5. The molecule has 0 amide bonds. The van der Waals surface area contributed by atoms with Crippen LogP contribution in [-0.2, 0) is 0 Å². The number of benzene rings is 8. The van der Waals surface area contributed by atoms with E-state index in [0.717, 1.165) is 0 Å². The van der Waals surface area contributed by atoms with Gasteiger partial charge in [-0.05, 0) is 87.7 Å². The van der Waals surface area contributed by atoms with E-state index < -0.39 is 7.12 Å². The largest absolute Gasteiger partial charge is 0.488 e. The highest BCUT2D eigenvalue weighted by Gasteiger charge is 2.09. The van der Waals surface area contributed by atoms with Crippen LogP contribution >= 0.6 is 15.9 Å². The van der Waals surface area contributed by atoms with E-state index in [0.29, 0.717) is 5.46 Å². The van der Waals surface area contributed by atoms with Gasteiger partial charge in [0.05, 0.1) is 0 Å². The van der Waals surface area contributed by atoms with E-state index in [-0.39, 0.29) is 0 Å². The van der Waals surface area contributed by atoms with Crippen LogP contribution in [0.2, 0.25) is 0 Å². The Morgan fingerprint density at radius 2 is 0.727 bits per heavy atom. The summed E-state index contributed by atoms with van der Waals surface area (Å²) in [6, 6.07) is 57.9. The van der Waals surface area contributed by atoms with E-state index in [4.69, 9.17) is 10.0 Å². The maximum atomic E-state index is 8.58. The van der Waals surface area contributed by atoms with Crippen molar-refractivity contribution < 1.29 is 10.0 Å². The van der Waals surface area contributed by atoms with Crippen molar-refractivity contribution in [1.29, 1.82) is 0 Å². The third kappa shape index (κ3) is 6.44. The lowest BCUT2D eigenvalue weighted by Crippen LogP contribution is -2.29. The van der Waals surface area contributed by atoms with Crippen LogP contribution in [0.4, 0.5) is 0 Å². The van der Waals surface area contributed by atoms with Gasteiger partial charge in [-0.2, -0.15) is 0 Å². The summed E-state index contributed by atoms with van der Waals surface area (Å²) in [7, 11) is -1.34. The average Bonchev–Trinajstić information content (AvgIpc) is 3.09. The Bertz CT molecular complexity index is 2060. The fourth-order valence-electron chi connectivity index (χ4n) is 5.51. The minimum atomic E-state index is -1.34. The van der Waals surface area contributed by atoms with Gasteiger partial charge in [0.15, 0.2) is 0 Å². The van der Waals surface area contributed by atoms with Gasteiger partial charge in [-0.3, -0.25) is 0 Å². The lowest BCUT2D eigenvalue weighted by Gasteiger charge is -2.11. The van der Waals surface area contributed by atoms with Crippen LogP contribution < -0.4 is 5.46 Å². The first-order valence-corrected chi connectivity index (χ1v) is 15.3. The Morgan fingerprint density at radius 1 is 0.386 bits per heavy atom. The standard InChI is InChI=1S/C20H14.C14H9Br.C6H7BO2/c1-2-8-15(9-3-1)20-18-12-6-4-10-16(18)14-17-11-5-7-13-19(17)20;15-14-12-7-3-1-5-10(12)9-11-6-2-4-8-13(11)14;8-7(9)6-4-2-1-3-5-6/h1-14H;1-9H;1-5,8-9H. The van der Waals surface area contributed by atoms with Crippen molar-refractivity contribution in [3.63, 3.8) is 0 Å². The molecule has 8 aromatic carbocycles. The van der Waals surface area contributed by atoms with Gasteiger partial charge in [0, 0.05) is 4.47 Å². The number of hydrogen-bond donors (Lipinski definition) is 2. The topological polar surface area (TPSA) is 40.5 Å². The quantitative estimate of drug-likeness (QED) is 0.147. The summed E-state index contributed by atoms with van der Waals surface area (Å²) in [5, 5.41) is 27.5. The fourth-order valence-corrected chi connectivity index (χ4v) is 6.24. The molecule has 0 bridgehead atoms. The van der Waals surface area contributed by atoms with Crippen LogP contribution in [0, 0.1) is 0 Å². The Kier molecular flexibility index (Phi) is 9.14. The second kappa shape index (κ2) is 13.7. The third-order valence-corrected chi connectivity index (χ3v) is 8.49. The zero-order valence-corrected chi connectivity index (χ0v) is 25.6. The highest BCUT2D eigenvalue weighted by molar-refractivity contribution is 9.10. The molecule has 2 nitrogen and oxygen atoms in total. The summed E-state index contributed by atoms with van der Waals surface area (Å²) >= 11 is 3.68. The van der Waals surface area contributed by atoms with Gasteiger partial charge in [0.25, 0.3) is 0 Å². The van der Waals surface area contributed by atoms with E-state index >= 15 is 0 Å². The summed E-state index contributed by atoms with van der Waals surface area (Å²) < 4.78 is 1.19. The lowest BCUT2D eigenvalue weighted by atomic mass is 9.81. The molecule has 0 aromatic heterocycles. The first kappa shape index (κ1) is 29.3. The first-order chi connectivity index (χ1) is 21.6. The maximum absolute atomic E-state index is 8.58. The second-order valence-corrected chi connectivity index (χ2v) is 11.3. The van der Waals surface area contributed by atoms with E-state index in [1.807, 2.05) is 6.07 Å². The van der Waals surface area contributed by atoms with E-state index in [1.54, 1.807) is 24.3 Å². The molecular formula is C40H30BBrO2. The highest BCUT2D eigenvalue weighted by Crippen LogP contribution is 2.36. The van der Waals surface area contributed by atoms with Gasteiger partial charge in [-0.25, -0.2) is 0 Å². The zero-order chi connectivity index (χ0) is 30.3. The van der Waals surface area contributed by atoms with E-state index in [9.17, 15) is 0 Å². The fraction of sp³-hybridized carbons (Fsp3) is 0. The van der Waals surface area contributed by atoms with Crippen molar-refractivity contribution in [2.75, 3.05) is 0 Å². The Hall–Kier alpha value is -4.74. The van der Waals surface area contributed by atoms with Gasteiger partial charge in [-0.15, -0.1) is 0 Å². The number of fused-ring (bicyclic) bond motifs is 4. The van der Waals surface area contributed by atoms with Crippen LogP contribution in [0.5, 0.6) is 0 Å². The van der Waals surface area contributed by atoms with Crippen molar-refractivity contribution in [3.05, 3.63) is 174 Å². The zero-order valence-electron chi connectivity index (χ0n) is 24.0. The SMILES string of the molecule is Brc1c2ccccc2cc2ccccc12.OB(O)c1ccccc1.c1ccc(-c2c3ccccc3cc3ccccc23)cc1. The maximum Gasteiger partial charge on any atom is 0.488 e. The minimum absolute atomic E-state index is 0.525. The Morgan fingerprint density at radius 3 is 1.14 bits per heavy atom. The van der Waals surface area contributed by atoms with Crippen molar-refractivity contribution in [3.8, 4) is 11.1 Å². The molecule has 0 saturated carbocycles. The average molecular weight is 633 g/mol. The van der Waals surface area contributed by atoms with Crippen molar-refractivity contribution in [2.24, 2.45) is 0 Å². The molecule has 44 heavy (non-hydrogen) atoms. The Labute approximate surface area is 266 Å². The molecule has 0 saturated heterocycles.